The van der Waals surface area contributed by atoms with Gasteiger partial charge in [0, 0.05) is 30.7 Å². The van der Waals surface area contributed by atoms with E-state index in [0.29, 0.717) is 42.3 Å². The van der Waals surface area contributed by atoms with Crippen LogP contribution < -0.4 is 9.54 Å². The molecule has 0 atom stereocenters. The van der Waals surface area contributed by atoms with E-state index in [0.717, 1.165) is 20.9 Å². The molecule has 0 N–H and O–H groups in total. The average molecular weight is 475 g/mol. The summed E-state index contributed by atoms with van der Waals surface area (Å²) in [7, 11) is 3.26. The van der Waals surface area contributed by atoms with E-state index in [4.69, 9.17) is 14.2 Å². The van der Waals surface area contributed by atoms with Gasteiger partial charge in [-0.25, -0.2) is 4.79 Å². The van der Waals surface area contributed by atoms with E-state index in [-0.39, 0.29) is 11.9 Å². The number of ether oxygens (including phenoxy) is 3. The van der Waals surface area contributed by atoms with Gasteiger partial charge in [0.15, 0.2) is 4.80 Å². The lowest BCUT2D eigenvalue weighted by molar-refractivity contribution is -0.117. The van der Waals surface area contributed by atoms with Crippen LogP contribution in [0.4, 0.5) is 0 Å². The van der Waals surface area contributed by atoms with Gasteiger partial charge in [0.25, 0.3) is 0 Å². The number of aromatic nitrogens is 1. The Morgan fingerprint density at radius 3 is 2.59 bits per heavy atom. The SMILES string of the molecule is CCOC(=O)c1ccc2c(c1)sc(=NC(=O)CCSc1ccc(OC)cc1)n2CCOC. The van der Waals surface area contributed by atoms with E-state index < -0.39 is 0 Å². The van der Waals surface area contributed by atoms with Crippen molar-refractivity contribution < 1.29 is 23.8 Å². The lowest BCUT2D eigenvalue weighted by Crippen LogP contribution is -2.19. The van der Waals surface area contributed by atoms with Gasteiger partial charge in [0.1, 0.15) is 5.75 Å². The summed E-state index contributed by atoms with van der Waals surface area (Å²) < 4.78 is 18.3. The molecule has 0 aliphatic rings. The number of hydrogen-bond donors (Lipinski definition) is 0. The Balaban J connectivity index is 1.77. The molecule has 0 aliphatic carbocycles. The molecule has 0 bridgehead atoms. The number of fused-ring (bicyclic) bond motifs is 1. The van der Waals surface area contributed by atoms with Crippen molar-refractivity contribution in [3.63, 3.8) is 0 Å². The van der Waals surface area contributed by atoms with E-state index in [9.17, 15) is 9.59 Å². The molecule has 0 radical (unpaired) electrons. The number of hydrogen-bond acceptors (Lipinski definition) is 7. The molecule has 3 rings (SSSR count). The van der Waals surface area contributed by atoms with Crippen molar-refractivity contribution in [3.8, 4) is 5.75 Å². The fourth-order valence-electron chi connectivity index (χ4n) is 2.99. The third-order valence-corrected chi connectivity index (χ3v) is 6.63. The molecule has 2 aromatic carbocycles. The first-order valence-electron chi connectivity index (χ1n) is 10.2. The van der Waals surface area contributed by atoms with Crippen LogP contribution in [0.15, 0.2) is 52.4 Å². The predicted octanol–water partition coefficient (Wildman–Crippen LogP) is 4.14. The highest BCUT2D eigenvalue weighted by atomic mass is 32.2. The maximum Gasteiger partial charge on any atom is 0.338 e. The average Bonchev–Trinajstić information content (AvgIpc) is 3.14. The number of thioether (sulfide) groups is 1. The molecule has 0 unspecified atom stereocenters. The van der Waals surface area contributed by atoms with Gasteiger partial charge < -0.3 is 18.8 Å². The summed E-state index contributed by atoms with van der Waals surface area (Å²) in [4.78, 5) is 30.6. The third-order valence-electron chi connectivity index (χ3n) is 4.58. The molecular formula is C23H26N2O5S2. The Labute approximate surface area is 195 Å². The minimum absolute atomic E-state index is 0.186. The zero-order valence-electron chi connectivity index (χ0n) is 18.3. The molecule has 9 heteroatoms. The van der Waals surface area contributed by atoms with Crippen molar-refractivity contribution in [2.45, 2.75) is 24.8 Å². The Hall–Kier alpha value is -2.62. The van der Waals surface area contributed by atoms with Crippen LogP contribution >= 0.6 is 23.1 Å². The number of nitrogens with zero attached hydrogens (tertiary/aromatic N) is 2. The first-order chi connectivity index (χ1) is 15.5. The number of rotatable bonds is 10. The van der Waals surface area contributed by atoms with Gasteiger partial charge in [-0.05, 0) is 49.4 Å². The van der Waals surface area contributed by atoms with Crippen molar-refractivity contribution >= 4 is 45.2 Å². The second kappa shape index (κ2) is 11.8. The Morgan fingerprint density at radius 2 is 1.91 bits per heavy atom. The number of carbonyl (C=O) groups excluding carboxylic acids is 2. The molecule has 0 saturated heterocycles. The van der Waals surface area contributed by atoms with E-state index in [2.05, 4.69) is 4.99 Å². The number of methoxy groups -OCH3 is 2. The first kappa shape index (κ1) is 24.0. The summed E-state index contributed by atoms with van der Waals surface area (Å²) in [6.07, 6.45) is 0.323. The minimum Gasteiger partial charge on any atom is -0.497 e. The molecule has 1 aromatic heterocycles. The van der Waals surface area contributed by atoms with Gasteiger partial charge in [-0.15, -0.1) is 11.8 Å². The highest BCUT2D eigenvalue weighted by Gasteiger charge is 2.12. The van der Waals surface area contributed by atoms with Crippen LogP contribution in [0, 0.1) is 0 Å². The molecule has 0 spiro atoms. The summed E-state index contributed by atoms with van der Waals surface area (Å²) in [5.74, 6) is 0.882. The second-order valence-electron chi connectivity index (χ2n) is 6.71. The number of benzene rings is 2. The van der Waals surface area contributed by atoms with Crippen molar-refractivity contribution in [2.24, 2.45) is 4.99 Å². The van der Waals surface area contributed by atoms with Gasteiger partial charge in [0.05, 0.1) is 36.1 Å². The van der Waals surface area contributed by atoms with Crippen LogP contribution in [0.3, 0.4) is 0 Å². The molecule has 1 heterocycles. The van der Waals surface area contributed by atoms with Crippen LogP contribution in [-0.2, 0) is 20.8 Å². The normalized spacial score (nSPS) is 11.7. The highest BCUT2D eigenvalue weighted by molar-refractivity contribution is 7.99. The van der Waals surface area contributed by atoms with Crippen LogP contribution in [0.5, 0.6) is 5.75 Å². The van der Waals surface area contributed by atoms with Gasteiger partial charge in [-0.3, -0.25) is 4.79 Å². The first-order valence-corrected chi connectivity index (χ1v) is 12.0. The predicted molar refractivity (Wildman–Crippen MR) is 127 cm³/mol. The van der Waals surface area contributed by atoms with E-state index in [1.165, 1.54) is 11.3 Å². The largest absolute Gasteiger partial charge is 0.497 e. The molecule has 170 valence electrons. The quantitative estimate of drug-likeness (QED) is 0.325. The summed E-state index contributed by atoms with van der Waals surface area (Å²) in [6.45, 7) is 3.14. The maximum absolute atomic E-state index is 12.6. The second-order valence-corrected chi connectivity index (χ2v) is 8.89. The van der Waals surface area contributed by atoms with Crippen LogP contribution in [0.25, 0.3) is 10.2 Å². The number of thiazole rings is 1. The minimum atomic E-state index is -0.364. The Morgan fingerprint density at radius 1 is 1.12 bits per heavy atom. The molecule has 0 saturated carbocycles. The number of esters is 1. The fraction of sp³-hybridized carbons (Fsp3) is 0.348. The van der Waals surface area contributed by atoms with Gasteiger partial charge >= 0.3 is 5.97 Å². The molecule has 0 fully saturated rings. The molecule has 32 heavy (non-hydrogen) atoms. The summed E-state index contributed by atoms with van der Waals surface area (Å²) in [5.41, 5.74) is 1.38. The van der Waals surface area contributed by atoms with Crippen molar-refractivity contribution in [3.05, 3.63) is 52.8 Å². The third kappa shape index (κ3) is 6.21. The van der Waals surface area contributed by atoms with Crippen molar-refractivity contribution in [1.82, 2.24) is 4.57 Å². The summed E-state index contributed by atoms with van der Waals surface area (Å²) >= 11 is 2.98. The topological polar surface area (TPSA) is 79.1 Å². The molecule has 7 nitrogen and oxygen atoms in total. The smallest absolute Gasteiger partial charge is 0.338 e. The number of carbonyl (C=O) groups is 2. The van der Waals surface area contributed by atoms with Crippen LogP contribution in [0.1, 0.15) is 23.7 Å². The van der Waals surface area contributed by atoms with Gasteiger partial charge in [0.2, 0.25) is 5.91 Å². The standard InChI is InChI=1S/C23H26N2O5S2/c1-4-30-22(27)16-5-10-19-20(15-16)32-23(25(19)12-13-28-2)24-21(26)11-14-31-18-8-6-17(29-3)7-9-18/h5-10,15H,4,11-14H2,1-3H3. The Kier molecular flexibility index (Phi) is 8.90. The zero-order chi connectivity index (χ0) is 22.9. The van der Waals surface area contributed by atoms with Gasteiger partial charge in [-0.1, -0.05) is 11.3 Å². The Bertz CT molecular complexity index is 1140. The molecular weight excluding hydrogens is 448 g/mol. The molecule has 3 aromatic rings. The van der Waals surface area contributed by atoms with E-state index in [1.807, 2.05) is 34.9 Å². The molecule has 1 amide bonds. The number of amides is 1. The lowest BCUT2D eigenvalue weighted by atomic mass is 10.2. The fourth-order valence-corrected chi connectivity index (χ4v) is 4.94. The van der Waals surface area contributed by atoms with Crippen LogP contribution in [0.2, 0.25) is 0 Å². The summed E-state index contributed by atoms with van der Waals surface area (Å²) in [5, 5.41) is 0. The molecule has 0 aliphatic heterocycles. The lowest BCUT2D eigenvalue weighted by Gasteiger charge is -2.05. The highest BCUT2D eigenvalue weighted by Crippen LogP contribution is 2.22. The monoisotopic (exact) mass is 474 g/mol. The van der Waals surface area contributed by atoms with Crippen LogP contribution in [-0.4, -0.2) is 49.6 Å². The van der Waals surface area contributed by atoms with Gasteiger partial charge in [-0.2, -0.15) is 4.99 Å². The van der Waals surface area contributed by atoms with E-state index in [1.54, 1.807) is 45.0 Å². The summed E-state index contributed by atoms with van der Waals surface area (Å²) in [6, 6.07) is 13.1. The van der Waals surface area contributed by atoms with E-state index >= 15 is 0 Å². The van der Waals surface area contributed by atoms with Crippen molar-refractivity contribution in [2.75, 3.05) is 33.2 Å². The van der Waals surface area contributed by atoms with Crippen molar-refractivity contribution in [1.29, 1.82) is 0 Å². The zero-order valence-corrected chi connectivity index (χ0v) is 20.0. The maximum atomic E-state index is 12.6.